The van der Waals surface area contributed by atoms with Crippen LogP contribution < -0.4 is 0 Å². The molecule has 7 atom stereocenters. The lowest BCUT2D eigenvalue weighted by Gasteiger charge is -2.66. The van der Waals surface area contributed by atoms with Crippen LogP contribution in [0.3, 0.4) is 0 Å². The molecule has 4 rings (SSSR count). The lowest BCUT2D eigenvalue weighted by molar-refractivity contribution is -0.270. The third kappa shape index (κ3) is 7.22. The number of Topliss-reactive ketones (excluding diaryl/α,β-unsaturated/α-hetero) is 1. The number of esters is 1. The van der Waals surface area contributed by atoms with E-state index in [-0.39, 0.29) is 36.4 Å². The number of aliphatic hydroxyl groups excluding tert-OH is 2. The highest BCUT2D eigenvalue weighted by atomic mass is 16.6. The van der Waals surface area contributed by atoms with Gasteiger partial charge in [-0.1, -0.05) is 116 Å². The maximum absolute atomic E-state index is 13.6. The van der Waals surface area contributed by atoms with Gasteiger partial charge < -0.3 is 20.1 Å². The fourth-order valence-electron chi connectivity index (χ4n) is 10.3. The average molecular weight is 645 g/mol. The summed E-state index contributed by atoms with van der Waals surface area (Å²) < 4.78 is 6.57. The van der Waals surface area contributed by atoms with E-state index in [1.54, 1.807) is 6.08 Å². The molecule has 0 saturated heterocycles. The van der Waals surface area contributed by atoms with Gasteiger partial charge in [-0.2, -0.15) is 0 Å². The standard InChI is InChI=1S/C39H64O7/c1-4-5-6-7-8-9-10-11-12-13-14-15-16-17-18-19-35(44)46-39-32(21-20-29-26-30(41)22-24-36(29,39)2)31-23-25-38(45,34(43)28-40)37(31,3)27-33(39)42/h26,31-33,40,42,45H,4-25,27-28H2,1-3H3/t31-,32-,33-,36-,37-,38-,39-/m0/s1. The Morgan fingerprint density at radius 2 is 1.39 bits per heavy atom. The Morgan fingerprint density at radius 3 is 1.96 bits per heavy atom. The van der Waals surface area contributed by atoms with Gasteiger partial charge in [-0.25, -0.2) is 0 Å². The van der Waals surface area contributed by atoms with Gasteiger partial charge in [-0.05, 0) is 56.9 Å². The first-order valence-electron chi connectivity index (χ1n) is 19.0. The van der Waals surface area contributed by atoms with E-state index < -0.39 is 40.5 Å². The summed E-state index contributed by atoms with van der Waals surface area (Å²) in [6.07, 6.45) is 22.7. The zero-order chi connectivity index (χ0) is 33.4. The topological polar surface area (TPSA) is 121 Å². The third-order valence-corrected chi connectivity index (χ3v) is 13.1. The fraction of sp³-hybridized carbons (Fsp3) is 0.872. The van der Waals surface area contributed by atoms with Gasteiger partial charge in [0, 0.05) is 29.6 Å². The summed E-state index contributed by atoms with van der Waals surface area (Å²) in [6.45, 7) is 5.42. The molecule has 0 amide bonds. The molecule has 7 heteroatoms. The van der Waals surface area contributed by atoms with Crippen LogP contribution in [0, 0.1) is 22.7 Å². The summed E-state index contributed by atoms with van der Waals surface area (Å²) in [5.41, 5.74) is -3.64. The minimum absolute atomic E-state index is 0.0733. The molecule has 0 bridgehead atoms. The van der Waals surface area contributed by atoms with Crippen LogP contribution in [-0.4, -0.2) is 56.8 Å². The number of ether oxygens (including phenoxy) is 1. The second kappa shape index (κ2) is 16.2. The predicted molar refractivity (Wildman–Crippen MR) is 180 cm³/mol. The van der Waals surface area contributed by atoms with Crippen molar-refractivity contribution in [2.24, 2.45) is 22.7 Å². The number of rotatable bonds is 19. The van der Waals surface area contributed by atoms with Gasteiger partial charge in [0.05, 0.1) is 6.10 Å². The van der Waals surface area contributed by atoms with Crippen LogP contribution in [0.25, 0.3) is 0 Å². The lowest BCUT2D eigenvalue weighted by Crippen LogP contribution is -2.72. The van der Waals surface area contributed by atoms with E-state index in [0.29, 0.717) is 38.5 Å². The second-order valence-corrected chi connectivity index (χ2v) is 15.8. The number of aliphatic hydroxyl groups is 3. The van der Waals surface area contributed by atoms with Crippen molar-refractivity contribution in [3.8, 4) is 0 Å². The molecule has 3 saturated carbocycles. The van der Waals surface area contributed by atoms with Crippen LogP contribution in [0.5, 0.6) is 0 Å². The van der Waals surface area contributed by atoms with E-state index in [1.807, 2.05) is 13.8 Å². The van der Waals surface area contributed by atoms with Crippen molar-refractivity contribution >= 4 is 17.5 Å². The molecule has 0 radical (unpaired) electrons. The fourth-order valence-corrected chi connectivity index (χ4v) is 10.3. The average Bonchev–Trinajstić information content (AvgIpc) is 3.29. The van der Waals surface area contributed by atoms with Crippen LogP contribution in [0.1, 0.15) is 168 Å². The summed E-state index contributed by atoms with van der Waals surface area (Å²) in [6, 6.07) is 0. The first kappa shape index (κ1) is 37.3. The highest BCUT2D eigenvalue weighted by molar-refractivity contribution is 5.92. The minimum Gasteiger partial charge on any atom is -0.455 e. The summed E-state index contributed by atoms with van der Waals surface area (Å²) in [4.78, 5) is 39.0. The normalized spacial score (nSPS) is 35.2. The van der Waals surface area contributed by atoms with Crippen molar-refractivity contribution in [3.05, 3.63) is 11.6 Å². The highest BCUT2D eigenvalue weighted by Crippen LogP contribution is 2.70. The Labute approximate surface area is 278 Å². The van der Waals surface area contributed by atoms with Gasteiger partial charge in [-0.3, -0.25) is 14.4 Å². The van der Waals surface area contributed by atoms with Crippen LogP contribution in [0.15, 0.2) is 11.6 Å². The van der Waals surface area contributed by atoms with E-state index in [4.69, 9.17) is 4.74 Å². The molecule has 0 unspecified atom stereocenters. The molecule has 0 heterocycles. The van der Waals surface area contributed by atoms with E-state index in [1.165, 1.54) is 77.0 Å². The van der Waals surface area contributed by atoms with Gasteiger partial charge in [-0.15, -0.1) is 0 Å². The van der Waals surface area contributed by atoms with Crippen LogP contribution >= 0.6 is 0 Å². The number of ketones is 2. The summed E-state index contributed by atoms with van der Waals surface area (Å²) >= 11 is 0. The van der Waals surface area contributed by atoms with Crippen molar-refractivity contribution in [1.82, 2.24) is 0 Å². The number of hydrogen-bond donors (Lipinski definition) is 3. The molecule has 3 N–H and O–H groups in total. The number of unbranched alkanes of at least 4 members (excludes halogenated alkanes) is 14. The SMILES string of the molecule is CCCCCCCCCCCCCCCCCC(=O)O[C@]12[C@@H](O)C[C@@]3(C)[C@@H](CC[C@]3(O)C(=O)CO)[C@@H]1CCC1=CC(=O)CC[C@@]12C. The highest BCUT2D eigenvalue weighted by Gasteiger charge is 2.75. The predicted octanol–water partition coefficient (Wildman–Crippen LogP) is 7.71. The minimum atomic E-state index is -1.73. The zero-order valence-electron chi connectivity index (χ0n) is 29.3. The van der Waals surface area contributed by atoms with Gasteiger partial charge in [0.2, 0.25) is 0 Å². The number of hydrogen-bond acceptors (Lipinski definition) is 7. The van der Waals surface area contributed by atoms with E-state index in [9.17, 15) is 29.7 Å². The van der Waals surface area contributed by atoms with Crippen molar-refractivity contribution in [2.45, 2.75) is 186 Å². The Morgan fingerprint density at radius 1 is 0.826 bits per heavy atom. The van der Waals surface area contributed by atoms with Crippen LogP contribution in [-0.2, 0) is 19.1 Å². The monoisotopic (exact) mass is 644 g/mol. The third-order valence-electron chi connectivity index (χ3n) is 13.1. The Hall–Kier alpha value is -1.57. The first-order chi connectivity index (χ1) is 22.0. The Kier molecular flexibility index (Phi) is 13.1. The molecule has 46 heavy (non-hydrogen) atoms. The molecule has 4 aliphatic rings. The van der Waals surface area contributed by atoms with Gasteiger partial charge in [0.25, 0.3) is 0 Å². The molecule has 0 aromatic rings. The smallest absolute Gasteiger partial charge is 0.306 e. The lowest BCUT2D eigenvalue weighted by atomic mass is 9.43. The molecule has 0 spiro atoms. The number of fused-ring (bicyclic) bond motifs is 5. The van der Waals surface area contributed by atoms with E-state index in [0.717, 1.165) is 24.8 Å². The van der Waals surface area contributed by atoms with Crippen molar-refractivity contribution < 1.29 is 34.4 Å². The molecule has 262 valence electrons. The molecular weight excluding hydrogens is 580 g/mol. The Balaban J connectivity index is 1.32. The Bertz CT molecular complexity index is 1080. The zero-order valence-corrected chi connectivity index (χ0v) is 29.3. The maximum Gasteiger partial charge on any atom is 0.306 e. The number of carbonyl (C=O) groups excluding carboxylic acids is 3. The van der Waals surface area contributed by atoms with Crippen LogP contribution in [0.4, 0.5) is 0 Å². The molecule has 0 aromatic carbocycles. The largest absolute Gasteiger partial charge is 0.455 e. The molecular formula is C39H64O7. The summed E-state index contributed by atoms with van der Waals surface area (Å²) in [5, 5.41) is 33.4. The number of carbonyl (C=O) groups is 3. The second-order valence-electron chi connectivity index (χ2n) is 15.8. The van der Waals surface area contributed by atoms with Crippen molar-refractivity contribution in [1.29, 1.82) is 0 Å². The molecule has 0 aliphatic heterocycles. The van der Waals surface area contributed by atoms with E-state index >= 15 is 0 Å². The first-order valence-corrected chi connectivity index (χ1v) is 19.0. The van der Waals surface area contributed by atoms with Gasteiger partial charge in [0.15, 0.2) is 11.6 Å². The molecule has 0 aromatic heterocycles. The van der Waals surface area contributed by atoms with Gasteiger partial charge in [0.1, 0.15) is 17.8 Å². The molecule has 4 aliphatic carbocycles. The van der Waals surface area contributed by atoms with Crippen molar-refractivity contribution in [2.75, 3.05) is 6.61 Å². The quantitative estimate of drug-likeness (QED) is 0.0973. The van der Waals surface area contributed by atoms with E-state index in [2.05, 4.69) is 6.92 Å². The van der Waals surface area contributed by atoms with Crippen LogP contribution in [0.2, 0.25) is 0 Å². The maximum atomic E-state index is 13.6. The van der Waals surface area contributed by atoms with Gasteiger partial charge >= 0.3 is 5.97 Å². The van der Waals surface area contributed by atoms with Crippen molar-refractivity contribution in [3.63, 3.8) is 0 Å². The summed E-state index contributed by atoms with van der Waals surface area (Å²) in [7, 11) is 0. The molecule has 7 nitrogen and oxygen atoms in total. The summed E-state index contributed by atoms with van der Waals surface area (Å²) in [5.74, 6) is -1.26. The molecule has 3 fully saturated rings.